The fraction of sp³-hybridized carbons (Fsp3) is 0.286. The second-order valence-corrected chi connectivity index (χ2v) is 5.04. The van der Waals surface area contributed by atoms with Crippen molar-refractivity contribution in [1.82, 2.24) is 9.97 Å². The summed E-state index contributed by atoms with van der Waals surface area (Å²) in [7, 11) is 0. The van der Waals surface area contributed by atoms with Crippen LogP contribution in [-0.2, 0) is 6.54 Å². The SMILES string of the molecule is CCC1c2cc(F)c(F)cc2CN1c1ccnc(Cl)n1. The third-order valence-electron chi connectivity index (χ3n) is 3.55. The molecule has 0 bridgehead atoms. The predicted octanol–water partition coefficient (Wildman–Crippen LogP) is 3.88. The summed E-state index contributed by atoms with van der Waals surface area (Å²) in [5, 5.41) is 0.158. The van der Waals surface area contributed by atoms with E-state index in [1.54, 1.807) is 12.3 Å². The number of fused-ring (bicyclic) bond motifs is 1. The molecule has 0 radical (unpaired) electrons. The van der Waals surface area contributed by atoms with Crippen molar-refractivity contribution in [3.63, 3.8) is 0 Å². The van der Waals surface area contributed by atoms with Crippen LogP contribution in [0.1, 0.15) is 30.5 Å². The first kappa shape index (κ1) is 13.2. The van der Waals surface area contributed by atoms with Gasteiger partial charge in [-0.1, -0.05) is 6.92 Å². The van der Waals surface area contributed by atoms with Gasteiger partial charge in [0.2, 0.25) is 5.28 Å². The van der Waals surface area contributed by atoms with E-state index in [1.807, 2.05) is 11.8 Å². The molecule has 0 saturated heterocycles. The fourth-order valence-corrected chi connectivity index (χ4v) is 2.82. The first-order chi connectivity index (χ1) is 9.60. The van der Waals surface area contributed by atoms with E-state index < -0.39 is 11.6 Å². The zero-order valence-electron chi connectivity index (χ0n) is 10.8. The Bertz CT molecular complexity index is 663. The standard InChI is InChI=1S/C14H12ClF2N3/c1-2-12-9-6-11(17)10(16)5-8(9)7-20(12)13-3-4-18-14(15)19-13/h3-6,12H,2,7H2,1H3. The highest BCUT2D eigenvalue weighted by molar-refractivity contribution is 6.28. The summed E-state index contributed by atoms with van der Waals surface area (Å²) in [5.41, 5.74) is 1.59. The van der Waals surface area contributed by atoms with Crippen LogP contribution in [0.25, 0.3) is 0 Å². The van der Waals surface area contributed by atoms with E-state index in [-0.39, 0.29) is 11.3 Å². The summed E-state index contributed by atoms with van der Waals surface area (Å²) >= 11 is 5.81. The Morgan fingerprint density at radius 1 is 1.35 bits per heavy atom. The van der Waals surface area contributed by atoms with Gasteiger partial charge in [-0.3, -0.25) is 0 Å². The lowest BCUT2D eigenvalue weighted by Gasteiger charge is -2.25. The second-order valence-electron chi connectivity index (χ2n) is 4.70. The summed E-state index contributed by atoms with van der Waals surface area (Å²) < 4.78 is 26.8. The van der Waals surface area contributed by atoms with Crippen molar-refractivity contribution >= 4 is 17.4 Å². The average Bonchev–Trinajstić information content (AvgIpc) is 2.77. The minimum Gasteiger partial charge on any atom is -0.345 e. The number of aromatic nitrogens is 2. The number of hydrogen-bond donors (Lipinski definition) is 0. The highest BCUT2D eigenvalue weighted by Gasteiger charge is 2.31. The number of rotatable bonds is 2. The van der Waals surface area contributed by atoms with Crippen LogP contribution in [-0.4, -0.2) is 9.97 Å². The van der Waals surface area contributed by atoms with E-state index in [0.29, 0.717) is 12.4 Å². The maximum absolute atomic E-state index is 13.4. The van der Waals surface area contributed by atoms with Crippen molar-refractivity contribution in [2.45, 2.75) is 25.9 Å². The number of nitrogens with zero attached hydrogens (tertiary/aromatic N) is 3. The minimum atomic E-state index is -0.818. The van der Waals surface area contributed by atoms with Gasteiger partial charge < -0.3 is 4.90 Å². The maximum atomic E-state index is 13.4. The average molecular weight is 296 g/mol. The van der Waals surface area contributed by atoms with E-state index >= 15 is 0 Å². The molecule has 2 heterocycles. The van der Waals surface area contributed by atoms with Gasteiger partial charge in [0, 0.05) is 12.7 Å². The number of hydrogen-bond acceptors (Lipinski definition) is 3. The van der Waals surface area contributed by atoms with Gasteiger partial charge in [-0.15, -0.1) is 0 Å². The first-order valence-electron chi connectivity index (χ1n) is 6.33. The number of benzene rings is 1. The lowest BCUT2D eigenvalue weighted by atomic mass is 10.0. The largest absolute Gasteiger partial charge is 0.345 e. The lowest BCUT2D eigenvalue weighted by molar-refractivity contribution is 0.505. The van der Waals surface area contributed by atoms with Gasteiger partial charge >= 0.3 is 0 Å². The van der Waals surface area contributed by atoms with Crippen molar-refractivity contribution < 1.29 is 8.78 Å². The van der Waals surface area contributed by atoms with Crippen LogP contribution in [0.2, 0.25) is 5.28 Å². The normalized spacial score (nSPS) is 17.4. The van der Waals surface area contributed by atoms with Crippen LogP contribution in [0.5, 0.6) is 0 Å². The molecule has 1 unspecified atom stereocenters. The lowest BCUT2D eigenvalue weighted by Crippen LogP contribution is -2.22. The van der Waals surface area contributed by atoms with E-state index in [0.717, 1.165) is 17.5 Å². The maximum Gasteiger partial charge on any atom is 0.224 e. The molecule has 3 rings (SSSR count). The molecular formula is C14H12ClF2N3. The van der Waals surface area contributed by atoms with Crippen molar-refractivity contribution in [3.8, 4) is 0 Å². The van der Waals surface area contributed by atoms with E-state index in [1.165, 1.54) is 12.1 Å². The van der Waals surface area contributed by atoms with Gasteiger partial charge in [-0.05, 0) is 47.3 Å². The van der Waals surface area contributed by atoms with Gasteiger partial charge in [-0.2, -0.15) is 0 Å². The molecule has 0 amide bonds. The van der Waals surface area contributed by atoms with Crippen molar-refractivity contribution in [2.24, 2.45) is 0 Å². The second kappa shape index (κ2) is 4.98. The van der Waals surface area contributed by atoms with E-state index in [2.05, 4.69) is 9.97 Å². The van der Waals surface area contributed by atoms with Gasteiger partial charge in [-0.25, -0.2) is 18.7 Å². The van der Waals surface area contributed by atoms with Crippen LogP contribution in [0.15, 0.2) is 24.4 Å². The summed E-state index contributed by atoms with van der Waals surface area (Å²) in [6, 6.07) is 4.25. The molecule has 0 spiro atoms. The summed E-state index contributed by atoms with van der Waals surface area (Å²) in [5.74, 6) is -0.972. The molecular weight excluding hydrogens is 284 g/mol. The van der Waals surface area contributed by atoms with Crippen molar-refractivity contribution in [3.05, 3.63) is 52.4 Å². The van der Waals surface area contributed by atoms with Crippen LogP contribution >= 0.6 is 11.6 Å². The molecule has 104 valence electrons. The molecule has 1 aromatic heterocycles. The van der Waals surface area contributed by atoms with Crippen molar-refractivity contribution in [2.75, 3.05) is 4.90 Å². The molecule has 1 aliphatic rings. The molecule has 3 nitrogen and oxygen atoms in total. The topological polar surface area (TPSA) is 29.0 Å². The molecule has 1 aliphatic heterocycles. The zero-order chi connectivity index (χ0) is 14.3. The van der Waals surface area contributed by atoms with E-state index in [4.69, 9.17) is 11.6 Å². The van der Waals surface area contributed by atoms with Crippen LogP contribution < -0.4 is 4.90 Å². The third kappa shape index (κ3) is 2.12. The molecule has 0 fully saturated rings. The van der Waals surface area contributed by atoms with Gasteiger partial charge in [0.25, 0.3) is 0 Å². The Labute approximate surface area is 120 Å². The van der Waals surface area contributed by atoms with Crippen LogP contribution in [0, 0.1) is 11.6 Å². The van der Waals surface area contributed by atoms with E-state index in [9.17, 15) is 8.78 Å². The van der Waals surface area contributed by atoms with Crippen LogP contribution in [0.4, 0.5) is 14.6 Å². The number of anilines is 1. The Balaban J connectivity index is 2.04. The Morgan fingerprint density at radius 2 is 2.10 bits per heavy atom. The molecule has 20 heavy (non-hydrogen) atoms. The molecule has 0 saturated carbocycles. The van der Waals surface area contributed by atoms with Gasteiger partial charge in [0.15, 0.2) is 11.6 Å². The summed E-state index contributed by atoms with van der Waals surface area (Å²) in [6.45, 7) is 2.48. The van der Waals surface area contributed by atoms with Crippen LogP contribution in [0.3, 0.4) is 0 Å². The fourth-order valence-electron chi connectivity index (χ4n) is 2.68. The third-order valence-corrected chi connectivity index (χ3v) is 3.73. The smallest absolute Gasteiger partial charge is 0.224 e. The Morgan fingerprint density at radius 3 is 2.80 bits per heavy atom. The Kier molecular flexibility index (Phi) is 3.30. The summed E-state index contributed by atoms with van der Waals surface area (Å²) in [4.78, 5) is 10.0. The molecule has 0 N–H and O–H groups in total. The molecule has 1 aromatic carbocycles. The molecule has 6 heteroatoms. The van der Waals surface area contributed by atoms with Crippen molar-refractivity contribution in [1.29, 1.82) is 0 Å². The minimum absolute atomic E-state index is 0.0360. The predicted molar refractivity (Wildman–Crippen MR) is 72.6 cm³/mol. The zero-order valence-corrected chi connectivity index (χ0v) is 11.5. The molecule has 0 aliphatic carbocycles. The highest BCUT2D eigenvalue weighted by atomic mass is 35.5. The molecule has 2 aromatic rings. The quantitative estimate of drug-likeness (QED) is 0.787. The highest BCUT2D eigenvalue weighted by Crippen LogP contribution is 2.39. The monoisotopic (exact) mass is 295 g/mol. The van der Waals surface area contributed by atoms with Gasteiger partial charge in [0.05, 0.1) is 6.04 Å². The number of halogens is 3. The van der Waals surface area contributed by atoms with Gasteiger partial charge in [0.1, 0.15) is 5.82 Å². The first-order valence-corrected chi connectivity index (χ1v) is 6.71. The summed E-state index contributed by atoms with van der Waals surface area (Å²) in [6.07, 6.45) is 2.33. The Hall–Kier alpha value is -1.75. The molecule has 1 atom stereocenters.